The van der Waals surface area contributed by atoms with Crippen LogP contribution in [0.3, 0.4) is 0 Å². The van der Waals surface area contributed by atoms with Gasteiger partial charge in [0.15, 0.2) is 17.5 Å². The molecule has 4 nitrogen and oxygen atoms in total. The van der Waals surface area contributed by atoms with E-state index in [9.17, 15) is 0 Å². The molecule has 0 aliphatic heterocycles. The molecule has 0 fully saturated rings. The second kappa shape index (κ2) is 18.1. The van der Waals surface area contributed by atoms with Crippen molar-refractivity contribution in [1.29, 1.82) is 0 Å². The van der Waals surface area contributed by atoms with Crippen LogP contribution in [-0.2, 0) is 0 Å². The quantitative estimate of drug-likeness (QED) is 0.138. The van der Waals surface area contributed by atoms with Crippen molar-refractivity contribution >= 4 is 0 Å². The standard InChI is InChI=1S/C62H42N4/c1-6-18-43(19-7-1)55-36-35-50(41-58(55)46-24-12-4-13-25-46)52-38-53(51-28-17-37-63-42-51)40-54(39-52)62-65-60(48-26-14-5-15-27-48)64-61(66-62)49-33-31-47(32-34-49)59-56(44-20-8-2-9-21-44)29-16-30-57(59)45-22-10-3-11-23-45/h1-42H. The molecule has 11 aromatic rings. The molecular formula is C62H42N4. The van der Waals surface area contributed by atoms with E-state index >= 15 is 0 Å². The van der Waals surface area contributed by atoms with Gasteiger partial charge in [0.2, 0.25) is 0 Å². The molecule has 0 N–H and O–H groups in total. The van der Waals surface area contributed by atoms with Gasteiger partial charge in [-0.25, -0.2) is 15.0 Å². The summed E-state index contributed by atoms with van der Waals surface area (Å²) in [5, 5.41) is 0. The second-order valence-corrected chi connectivity index (χ2v) is 16.2. The molecule has 11 rings (SSSR count). The van der Waals surface area contributed by atoms with Crippen LogP contribution in [0.15, 0.2) is 255 Å². The zero-order valence-corrected chi connectivity index (χ0v) is 36.0. The van der Waals surface area contributed by atoms with Crippen LogP contribution in [0.1, 0.15) is 0 Å². The number of rotatable bonds is 10. The van der Waals surface area contributed by atoms with Crippen LogP contribution in [0, 0.1) is 0 Å². The number of pyridine rings is 1. The normalized spacial score (nSPS) is 11.0. The Bertz CT molecular complexity index is 3360. The first-order chi connectivity index (χ1) is 32.7. The molecule has 0 bridgehead atoms. The highest BCUT2D eigenvalue weighted by Gasteiger charge is 2.18. The van der Waals surface area contributed by atoms with E-state index in [0.29, 0.717) is 17.5 Å². The van der Waals surface area contributed by atoms with Crippen LogP contribution < -0.4 is 0 Å². The fraction of sp³-hybridized carbons (Fsp3) is 0. The maximum absolute atomic E-state index is 5.28. The Labute approximate surface area is 385 Å². The van der Waals surface area contributed by atoms with Gasteiger partial charge in [0.25, 0.3) is 0 Å². The molecule has 0 amide bonds. The van der Waals surface area contributed by atoms with Gasteiger partial charge in [0.05, 0.1) is 0 Å². The van der Waals surface area contributed by atoms with E-state index in [1.807, 2.05) is 30.5 Å². The van der Waals surface area contributed by atoms with Crippen LogP contribution in [-0.4, -0.2) is 19.9 Å². The van der Waals surface area contributed by atoms with Gasteiger partial charge in [-0.05, 0) is 103 Å². The third-order valence-electron chi connectivity index (χ3n) is 12.0. The average Bonchev–Trinajstić information content (AvgIpc) is 3.42. The smallest absolute Gasteiger partial charge is 0.164 e. The first-order valence-electron chi connectivity index (χ1n) is 22.2. The molecule has 9 aromatic carbocycles. The molecule has 0 aliphatic rings. The monoisotopic (exact) mass is 842 g/mol. The highest BCUT2D eigenvalue weighted by Crippen LogP contribution is 2.42. The SMILES string of the molecule is c1ccc(-c2nc(-c3ccc(-c4c(-c5ccccc5)cccc4-c4ccccc4)cc3)nc(-c3cc(-c4cccnc4)cc(-c4ccc(-c5ccccc5)c(-c5ccccc5)c4)c3)n2)cc1. The predicted molar refractivity (Wildman–Crippen MR) is 272 cm³/mol. The van der Waals surface area contributed by atoms with Crippen molar-refractivity contribution < 1.29 is 0 Å². The van der Waals surface area contributed by atoms with Gasteiger partial charge in [-0.3, -0.25) is 4.98 Å². The Morgan fingerprint density at radius 3 is 1.12 bits per heavy atom. The largest absolute Gasteiger partial charge is 0.264 e. The molecule has 0 spiro atoms. The van der Waals surface area contributed by atoms with E-state index in [1.165, 1.54) is 38.9 Å². The first kappa shape index (κ1) is 40.0. The predicted octanol–water partition coefficient (Wildman–Crippen LogP) is 15.9. The van der Waals surface area contributed by atoms with E-state index in [-0.39, 0.29) is 0 Å². The summed E-state index contributed by atoms with van der Waals surface area (Å²) in [5.74, 6) is 1.78. The van der Waals surface area contributed by atoms with Gasteiger partial charge in [-0.15, -0.1) is 0 Å². The number of hydrogen-bond acceptors (Lipinski definition) is 4. The van der Waals surface area contributed by atoms with E-state index in [0.717, 1.165) is 55.6 Å². The van der Waals surface area contributed by atoms with Crippen LogP contribution in [0.25, 0.3) is 112 Å². The molecule has 0 atom stereocenters. The van der Waals surface area contributed by atoms with Gasteiger partial charge in [-0.1, -0.05) is 212 Å². The topological polar surface area (TPSA) is 51.6 Å². The molecule has 310 valence electrons. The van der Waals surface area contributed by atoms with Gasteiger partial charge >= 0.3 is 0 Å². The van der Waals surface area contributed by atoms with E-state index in [4.69, 9.17) is 15.0 Å². The maximum Gasteiger partial charge on any atom is 0.164 e. The molecule has 2 heterocycles. The van der Waals surface area contributed by atoms with Crippen molar-refractivity contribution in [2.75, 3.05) is 0 Å². The number of hydrogen-bond donors (Lipinski definition) is 0. The zero-order valence-electron chi connectivity index (χ0n) is 36.0. The molecule has 0 saturated carbocycles. The number of benzene rings is 9. The minimum absolute atomic E-state index is 0.583. The van der Waals surface area contributed by atoms with E-state index in [2.05, 4.69) is 223 Å². The lowest BCUT2D eigenvalue weighted by Crippen LogP contribution is -2.01. The molecule has 0 saturated heterocycles. The van der Waals surface area contributed by atoms with Crippen molar-refractivity contribution in [2.45, 2.75) is 0 Å². The summed E-state index contributed by atoms with van der Waals surface area (Å²) >= 11 is 0. The Hall–Kier alpha value is -8.86. The molecule has 4 heteroatoms. The summed E-state index contributed by atoms with van der Waals surface area (Å²) in [7, 11) is 0. The third-order valence-corrected chi connectivity index (χ3v) is 12.0. The summed E-state index contributed by atoms with van der Waals surface area (Å²) in [5.41, 5.74) is 18.5. The summed E-state index contributed by atoms with van der Waals surface area (Å²) in [6.07, 6.45) is 3.72. The lowest BCUT2D eigenvalue weighted by atomic mass is 9.87. The van der Waals surface area contributed by atoms with Crippen molar-refractivity contribution in [3.8, 4) is 112 Å². The number of nitrogens with zero attached hydrogens (tertiary/aromatic N) is 4. The Morgan fingerprint density at radius 2 is 0.606 bits per heavy atom. The number of aromatic nitrogens is 4. The molecule has 0 radical (unpaired) electrons. The fourth-order valence-corrected chi connectivity index (χ4v) is 8.79. The van der Waals surface area contributed by atoms with Gasteiger partial charge in [0.1, 0.15) is 0 Å². The summed E-state index contributed by atoms with van der Waals surface area (Å²) in [6, 6.07) is 85.2. The molecule has 0 aliphatic carbocycles. The molecule has 66 heavy (non-hydrogen) atoms. The molecule has 0 unspecified atom stereocenters. The maximum atomic E-state index is 5.28. The third kappa shape index (κ3) is 8.23. The van der Waals surface area contributed by atoms with Crippen molar-refractivity contribution in [2.24, 2.45) is 0 Å². The van der Waals surface area contributed by atoms with E-state index < -0.39 is 0 Å². The first-order valence-corrected chi connectivity index (χ1v) is 22.2. The highest BCUT2D eigenvalue weighted by atomic mass is 15.0. The Kier molecular flexibility index (Phi) is 10.9. The van der Waals surface area contributed by atoms with Crippen LogP contribution in [0.4, 0.5) is 0 Å². The van der Waals surface area contributed by atoms with Gasteiger partial charge in [-0.2, -0.15) is 0 Å². The lowest BCUT2D eigenvalue weighted by Gasteiger charge is -2.17. The minimum Gasteiger partial charge on any atom is -0.264 e. The van der Waals surface area contributed by atoms with Crippen LogP contribution in [0.2, 0.25) is 0 Å². The highest BCUT2D eigenvalue weighted by molar-refractivity contribution is 5.95. The molecular weight excluding hydrogens is 801 g/mol. The Balaban J connectivity index is 1.06. The fourth-order valence-electron chi connectivity index (χ4n) is 8.79. The van der Waals surface area contributed by atoms with Crippen molar-refractivity contribution in [3.05, 3.63) is 255 Å². The lowest BCUT2D eigenvalue weighted by molar-refractivity contribution is 1.07. The Morgan fingerprint density at radius 1 is 0.212 bits per heavy atom. The molecule has 2 aromatic heterocycles. The average molecular weight is 843 g/mol. The van der Waals surface area contributed by atoms with E-state index in [1.54, 1.807) is 6.20 Å². The summed E-state index contributed by atoms with van der Waals surface area (Å²) in [6.45, 7) is 0. The second-order valence-electron chi connectivity index (χ2n) is 16.2. The van der Waals surface area contributed by atoms with Gasteiger partial charge in [0, 0.05) is 34.6 Å². The van der Waals surface area contributed by atoms with Gasteiger partial charge < -0.3 is 0 Å². The van der Waals surface area contributed by atoms with Crippen molar-refractivity contribution in [3.63, 3.8) is 0 Å². The minimum atomic E-state index is 0.583. The zero-order chi connectivity index (χ0) is 44.1. The van der Waals surface area contributed by atoms with Crippen LogP contribution >= 0.6 is 0 Å². The van der Waals surface area contributed by atoms with Crippen LogP contribution in [0.5, 0.6) is 0 Å². The van der Waals surface area contributed by atoms with Crippen molar-refractivity contribution in [1.82, 2.24) is 19.9 Å². The summed E-state index contributed by atoms with van der Waals surface area (Å²) in [4.78, 5) is 20.1. The summed E-state index contributed by atoms with van der Waals surface area (Å²) < 4.78 is 0.